The van der Waals surface area contributed by atoms with Crippen molar-refractivity contribution in [2.24, 2.45) is 0 Å². The number of hydrogen-bond acceptors (Lipinski definition) is 4. The van der Waals surface area contributed by atoms with Crippen LogP contribution in [0.3, 0.4) is 0 Å². The first-order valence-corrected chi connectivity index (χ1v) is 11.5. The van der Waals surface area contributed by atoms with E-state index in [0.717, 1.165) is 22.4 Å². The fraction of sp³-hybridized carbons (Fsp3) is 0.160. The van der Waals surface area contributed by atoms with E-state index in [1.165, 1.54) is 11.6 Å². The van der Waals surface area contributed by atoms with E-state index in [0.29, 0.717) is 33.8 Å². The van der Waals surface area contributed by atoms with Gasteiger partial charge in [0, 0.05) is 17.7 Å². The third-order valence-electron chi connectivity index (χ3n) is 5.10. The van der Waals surface area contributed by atoms with Crippen LogP contribution in [-0.2, 0) is 6.42 Å². The van der Waals surface area contributed by atoms with Gasteiger partial charge in [0.15, 0.2) is 16.6 Å². The van der Waals surface area contributed by atoms with E-state index < -0.39 is 0 Å². The molecule has 0 aliphatic rings. The van der Waals surface area contributed by atoms with Gasteiger partial charge in [-0.05, 0) is 71.7 Å². The zero-order chi connectivity index (χ0) is 23.5. The van der Waals surface area contributed by atoms with Gasteiger partial charge in [-0.15, -0.1) is 0 Å². The zero-order valence-electron chi connectivity index (χ0n) is 18.0. The molecule has 1 amide bonds. The van der Waals surface area contributed by atoms with Crippen LogP contribution in [0.15, 0.2) is 65.1 Å². The Bertz CT molecular complexity index is 1330. The van der Waals surface area contributed by atoms with Crippen LogP contribution in [0.2, 0.25) is 10.0 Å². The van der Waals surface area contributed by atoms with Crippen LogP contribution >= 0.6 is 35.4 Å². The Morgan fingerprint density at radius 3 is 2.48 bits per heavy atom. The molecule has 168 valence electrons. The number of nitrogens with zero attached hydrogens (tertiary/aromatic N) is 1. The molecule has 4 rings (SSSR count). The van der Waals surface area contributed by atoms with Crippen molar-refractivity contribution in [2.45, 2.75) is 26.2 Å². The molecule has 8 heteroatoms. The molecular formula is C25H21Cl2N3O2S. The Morgan fingerprint density at radius 1 is 1.03 bits per heavy atom. The number of halogens is 2. The second-order valence-corrected chi connectivity index (χ2v) is 9.12. The average molecular weight is 498 g/mol. The molecule has 4 aromatic rings. The highest BCUT2D eigenvalue weighted by molar-refractivity contribution is 7.80. The Kier molecular flexibility index (Phi) is 6.98. The fourth-order valence-corrected chi connectivity index (χ4v) is 3.79. The highest BCUT2D eigenvalue weighted by atomic mass is 35.5. The van der Waals surface area contributed by atoms with Crippen LogP contribution in [0.5, 0.6) is 0 Å². The van der Waals surface area contributed by atoms with Crippen LogP contribution in [0.25, 0.3) is 11.1 Å². The van der Waals surface area contributed by atoms with E-state index in [9.17, 15) is 4.79 Å². The zero-order valence-corrected chi connectivity index (χ0v) is 20.3. The lowest BCUT2D eigenvalue weighted by Crippen LogP contribution is -2.34. The largest absolute Gasteiger partial charge is 0.440 e. The minimum absolute atomic E-state index is 0.179. The number of amides is 1. The van der Waals surface area contributed by atoms with Crippen molar-refractivity contribution in [2.75, 3.05) is 5.32 Å². The maximum atomic E-state index is 12.3. The van der Waals surface area contributed by atoms with Gasteiger partial charge in [-0.3, -0.25) is 10.1 Å². The Labute approximate surface area is 207 Å². The van der Waals surface area contributed by atoms with Crippen molar-refractivity contribution in [1.29, 1.82) is 0 Å². The highest BCUT2D eigenvalue weighted by Crippen LogP contribution is 2.24. The lowest BCUT2D eigenvalue weighted by molar-refractivity contribution is 0.0977. The molecule has 3 aromatic carbocycles. The van der Waals surface area contributed by atoms with Crippen molar-refractivity contribution >= 4 is 63.2 Å². The molecule has 5 nitrogen and oxygen atoms in total. The van der Waals surface area contributed by atoms with Gasteiger partial charge in [0.05, 0.1) is 10.0 Å². The van der Waals surface area contributed by atoms with E-state index in [1.807, 2.05) is 30.3 Å². The number of nitrogens with one attached hydrogen (secondary N) is 2. The van der Waals surface area contributed by atoms with E-state index in [4.69, 9.17) is 39.8 Å². The van der Waals surface area contributed by atoms with Crippen molar-refractivity contribution in [1.82, 2.24) is 10.3 Å². The van der Waals surface area contributed by atoms with Crippen LogP contribution in [-0.4, -0.2) is 16.0 Å². The fourth-order valence-electron chi connectivity index (χ4n) is 3.28. The Balaban J connectivity index is 1.37. The molecule has 2 N–H and O–H groups in total. The molecule has 1 aromatic heterocycles. The molecule has 33 heavy (non-hydrogen) atoms. The quantitative estimate of drug-likeness (QED) is 0.291. The van der Waals surface area contributed by atoms with E-state index in [-0.39, 0.29) is 11.0 Å². The molecule has 0 bridgehead atoms. The summed E-state index contributed by atoms with van der Waals surface area (Å²) in [4.78, 5) is 17.0. The number of rotatable bonds is 5. The summed E-state index contributed by atoms with van der Waals surface area (Å²) in [6, 6.07) is 18.4. The highest BCUT2D eigenvalue weighted by Gasteiger charge is 2.11. The van der Waals surface area contributed by atoms with Gasteiger partial charge >= 0.3 is 0 Å². The lowest BCUT2D eigenvalue weighted by Gasteiger charge is -2.10. The monoisotopic (exact) mass is 497 g/mol. The number of carbonyl (C=O) groups excluding carboxylic acids is 1. The molecular weight excluding hydrogens is 477 g/mol. The van der Waals surface area contributed by atoms with E-state index in [2.05, 4.69) is 41.6 Å². The maximum Gasteiger partial charge on any atom is 0.257 e. The van der Waals surface area contributed by atoms with Crippen LogP contribution in [0, 0.1) is 0 Å². The summed E-state index contributed by atoms with van der Waals surface area (Å²) in [6.07, 6.45) is 0.574. The van der Waals surface area contributed by atoms with E-state index in [1.54, 1.807) is 12.1 Å². The Hall–Kier alpha value is -2.93. The molecule has 1 heterocycles. The molecule has 0 aliphatic heterocycles. The summed E-state index contributed by atoms with van der Waals surface area (Å²) < 4.78 is 5.89. The number of oxazole rings is 1. The number of carbonyl (C=O) groups is 1. The third kappa shape index (κ3) is 5.71. The standard InChI is InChI=1S/C25H21Cl2N3O2S/c1-14(2)16-6-10-22-21(13-16)29-23(32-22)11-15-3-7-18(8-4-15)28-25(33)30-24(31)17-5-9-19(26)20(27)12-17/h3-10,12-14H,11H2,1-2H3,(H2,28,30,31,33). The van der Waals surface area contributed by atoms with Gasteiger partial charge < -0.3 is 9.73 Å². The smallest absolute Gasteiger partial charge is 0.257 e. The first-order chi connectivity index (χ1) is 15.8. The number of benzene rings is 3. The summed E-state index contributed by atoms with van der Waals surface area (Å²) in [6.45, 7) is 4.31. The third-order valence-corrected chi connectivity index (χ3v) is 6.04. The van der Waals surface area contributed by atoms with Gasteiger partial charge in [0.2, 0.25) is 0 Å². The maximum absolute atomic E-state index is 12.3. The second kappa shape index (κ2) is 9.91. The van der Waals surface area contributed by atoms with Crippen molar-refractivity contribution in [3.63, 3.8) is 0 Å². The topological polar surface area (TPSA) is 67.2 Å². The van der Waals surface area contributed by atoms with Crippen LogP contribution < -0.4 is 10.6 Å². The SMILES string of the molecule is CC(C)c1ccc2oc(Cc3ccc(NC(=S)NC(=O)c4ccc(Cl)c(Cl)c4)cc3)nc2c1. The first kappa shape index (κ1) is 23.2. The van der Waals surface area contributed by atoms with Crippen molar-refractivity contribution in [3.05, 3.63) is 93.3 Å². The van der Waals surface area contributed by atoms with Gasteiger partial charge in [-0.2, -0.15) is 0 Å². The number of thiocarbonyl (C=S) groups is 1. The first-order valence-electron chi connectivity index (χ1n) is 10.3. The van der Waals surface area contributed by atoms with E-state index >= 15 is 0 Å². The molecule has 0 spiro atoms. The summed E-state index contributed by atoms with van der Waals surface area (Å²) in [7, 11) is 0. The molecule has 0 radical (unpaired) electrons. The van der Waals surface area contributed by atoms with Gasteiger partial charge in [-0.1, -0.05) is 55.2 Å². The van der Waals surface area contributed by atoms with Crippen LogP contribution in [0.1, 0.15) is 47.1 Å². The summed E-state index contributed by atoms with van der Waals surface area (Å²) in [5, 5.41) is 6.49. The van der Waals surface area contributed by atoms with Gasteiger partial charge in [0.1, 0.15) is 5.52 Å². The minimum atomic E-state index is -0.376. The predicted octanol–water partition coefficient (Wildman–Crippen LogP) is 6.98. The number of aromatic nitrogens is 1. The molecule has 0 saturated carbocycles. The minimum Gasteiger partial charge on any atom is -0.440 e. The average Bonchev–Trinajstić information content (AvgIpc) is 3.18. The predicted molar refractivity (Wildman–Crippen MR) is 137 cm³/mol. The summed E-state index contributed by atoms with van der Waals surface area (Å²) in [5.41, 5.74) is 5.05. The molecule has 0 aliphatic carbocycles. The Morgan fingerprint density at radius 2 is 1.79 bits per heavy atom. The molecule has 0 saturated heterocycles. The van der Waals surface area contributed by atoms with Crippen molar-refractivity contribution < 1.29 is 9.21 Å². The van der Waals surface area contributed by atoms with Crippen LogP contribution in [0.4, 0.5) is 5.69 Å². The lowest BCUT2D eigenvalue weighted by atomic mass is 10.0. The van der Waals surface area contributed by atoms with Gasteiger partial charge in [-0.25, -0.2) is 4.98 Å². The number of anilines is 1. The van der Waals surface area contributed by atoms with Gasteiger partial charge in [0.25, 0.3) is 5.91 Å². The molecule has 0 fully saturated rings. The number of fused-ring (bicyclic) bond motifs is 1. The second-order valence-electron chi connectivity index (χ2n) is 7.90. The molecule has 0 atom stereocenters. The van der Waals surface area contributed by atoms with Crippen molar-refractivity contribution in [3.8, 4) is 0 Å². The summed E-state index contributed by atoms with van der Waals surface area (Å²) >= 11 is 17.1. The molecule has 0 unspecified atom stereocenters. The normalized spacial score (nSPS) is 11.1. The number of hydrogen-bond donors (Lipinski definition) is 2. The summed E-state index contributed by atoms with van der Waals surface area (Å²) in [5.74, 6) is 0.727.